The van der Waals surface area contributed by atoms with Crippen LogP contribution in [0.2, 0.25) is 0 Å². The minimum absolute atomic E-state index is 0.132. The highest BCUT2D eigenvalue weighted by Crippen LogP contribution is 2.35. The van der Waals surface area contributed by atoms with Gasteiger partial charge in [-0.15, -0.1) is 0 Å². The summed E-state index contributed by atoms with van der Waals surface area (Å²) >= 11 is 0. The van der Waals surface area contributed by atoms with Crippen LogP contribution in [0.4, 0.5) is 0 Å². The first-order valence-corrected chi connectivity index (χ1v) is 9.41. The van der Waals surface area contributed by atoms with Crippen LogP contribution in [0.15, 0.2) is 21.7 Å². The fraction of sp³-hybridized carbons (Fsp3) is 0.450. The molecule has 0 aliphatic carbocycles. The third kappa shape index (κ3) is 4.44. The number of nitrogens with one attached hydrogen (secondary N) is 3. The Morgan fingerprint density at radius 2 is 2.11 bits per heavy atom. The van der Waals surface area contributed by atoms with Crippen molar-refractivity contribution in [3.05, 3.63) is 55.4 Å². The molecule has 1 amide bonds. The van der Waals surface area contributed by atoms with E-state index in [9.17, 15) is 14.4 Å². The first kappa shape index (κ1) is 19.7. The van der Waals surface area contributed by atoms with Crippen LogP contribution in [0, 0.1) is 6.92 Å². The molecule has 0 saturated carbocycles. The van der Waals surface area contributed by atoms with Crippen molar-refractivity contribution in [2.45, 2.75) is 52.7 Å². The number of amides is 1. The number of benzene rings is 1. The van der Waals surface area contributed by atoms with Crippen LogP contribution in [0.3, 0.4) is 0 Å². The van der Waals surface area contributed by atoms with Gasteiger partial charge in [-0.05, 0) is 39.3 Å². The van der Waals surface area contributed by atoms with Crippen molar-refractivity contribution in [3.63, 3.8) is 0 Å². The van der Waals surface area contributed by atoms with Gasteiger partial charge in [0, 0.05) is 41.8 Å². The number of aromatic nitrogens is 2. The summed E-state index contributed by atoms with van der Waals surface area (Å²) in [5, 5.41) is 2.86. The largest absolute Gasteiger partial charge is 0.494 e. The fourth-order valence-corrected chi connectivity index (χ4v) is 3.36. The number of rotatable bonds is 7. The fourth-order valence-electron chi connectivity index (χ4n) is 3.36. The van der Waals surface area contributed by atoms with E-state index in [0.29, 0.717) is 24.4 Å². The van der Waals surface area contributed by atoms with E-state index in [-0.39, 0.29) is 24.9 Å². The quantitative estimate of drug-likeness (QED) is 0.664. The first-order valence-electron chi connectivity index (χ1n) is 9.41. The zero-order valence-corrected chi connectivity index (χ0v) is 16.3. The van der Waals surface area contributed by atoms with E-state index in [1.54, 1.807) is 6.92 Å². The zero-order chi connectivity index (χ0) is 20.3. The first-order chi connectivity index (χ1) is 13.4. The number of carbonyl (C=O) groups is 1. The number of fused-ring (bicyclic) bond motifs is 1. The monoisotopic (exact) mass is 387 g/mol. The van der Waals surface area contributed by atoms with Crippen LogP contribution in [0.5, 0.6) is 11.5 Å². The maximum absolute atomic E-state index is 12.3. The molecule has 0 radical (unpaired) electrons. The van der Waals surface area contributed by atoms with E-state index in [0.717, 1.165) is 29.0 Å². The summed E-state index contributed by atoms with van der Waals surface area (Å²) in [6.07, 6.45) is 1.36. The third-order valence-electron chi connectivity index (χ3n) is 4.71. The van der Waals surface area contributed by atoms with Gasteiger partial charge in [0.05, 0.1) is 6.61 Å². The maximum atomic E-state index is 12.3. The average molecular weight is 387 g/mol. The van der Waals surface area contributed by atoms with E-state index in [2.05, 4.69) is 15.3 Å². The van der Waals surface area contributed by atoms with Crippen LogP contribution in [0.25, 0.3) is 0 Å². The molecule has 28 heavy (non-hydrogen) atoms. The van der Waals surface area contributed by atoms with Crippen molar-refractivity contribution in [1.82, 2.24) is 15.3 Å². The van der Waals surface area contributed by atoms with Crippen molar-refractivity contribution < 1.29 is 14.3 Å². The lowest BCUT2D eigenvalue weighted by Gasteiger charge is -2.13. The third-order valence-corrected chi connectivity index (χ3v) is 4.71. The Morgan fingerprint density at radius 3 is 2.82 bits per heavy atom. The molecule has 1 aliphatic heterocycles. The van der Waals surface area contributed by atoms with Gasteiger partial charge in [-0.1, -0.05) is 0 Å². The average Bonchev–Trinajstić information content (AvgIpc) is 2.98. The van der Waals surface area contributed by atoms with E-state index < -0.39 is 11.2 Å². The Morgan fingerprint density at radius 1 is 1.32 bits per heavy atom. The standard InChI is InChI=1S/C20H25N3O5/c1-4-27-16-8-13-7-11(2)28-17(13)9-14(16)10-21-18(24)6-5-15-12(3)22-20(26)23-19(15)25/h8-9,11H,4-7,10H2,1-3H3,(H,21,24)(H2,22,23,25,26)/t11-/m0/s1. The van der Waals surface area contributed by atoms with Gasteiger partial charge in [0.25, 0.3) is 5.56 Å². The highest BCUT2D eigenvalue weighted by Gasteiger charge is 2.22. The number of aryl methyl sites for hydroxylation is 1. The van der Waals surface area contributed by atoms with Crippen molar-refractivity contribution in [3.8, 4) is 11.5 Å². The van der Waals surface area contributed by atoms with Gasteiger partial charge in [0.2, 0.25) is 5.91 Å². The zero-order valence-electron chi connectivity index (χ0n) is 16.3. The summed E-state index contributed by atoms with van der Waals surface area (Å²) in [6, 6.07) is 3.90. The highest BCUT2D eigenvalue weighted by atomic mass is 16.5. The molecule has 1 aromatic heterocycles. The molecule has 1 aliphatic rings. The lowest BCUT2D eigenvalue weighted by Crippen LogP contribution is -2.29. The van der Waals surface area contributed by atoms with Crippen molar-refractivity contribution in [2.75, 3.05) is 6.61 Å². The number of hydrogen-bond donors (Lipinski definition) is 3. The molecule has 1 aromatic carbocycles. The molecule has 150 valence electrons. The van der Waals surface area contributed by atoms with E-state index in [1.165, 1.54) is 0 Å². The Labute approximate surface area is 162 Å². The predicted molar refractivity (Wildman–Crippen MR) is 104 cm³/mol. The summed E-state index contributed by atoms with van der Waals surface area (Å²) < 4.78 is 11.5. The van der Waals surface area contributed by atoms with Crippen molar-refractivity contribution in [2.24, 2.45) is 0 Å². The second-order valence-corrected chi connectivity index (χ2v) is 6.92. The number of ether oxygens (including phenoxy) is 2. The van der Waals surface area contributed by atoms with E-state index >= 15 is 0 Å². The molecular weight excluding hydrogens is 362 g/mol. The van der Waals surface area contributed by atoms with Crippen molar-refractivity contribution in [1.29, 1.82) is 0 Å². The number of aromatic amines is 2. The molecule has 0 bridgehead atoms. The van der Waals surface area contributed by atoms with Crippen LogP contribution in [-0.4, -0.2) is 28.6 Å². The number of H-pyrrole nitrogens is 2. The van der Waals surface area contributed by atoms with Gasteiger partial charge >= 0.3 is 5.69 Å². The SMILES string of the molecule is CCOc1cc2c(cc1CNC(=O)CCc1c(C)[nH]c(=O)[nH]c1=O)O[C@@H](C)C2. The van der Waals surface area contributed by atoms with Crippen LogP contribution in [-0.2, 0) is 24.2 Å². The lowest BCUT2D eigenvalue weighted by atomic mass is 10.1. The molecule has 8 nitrogen and oxygen atoms in total. The topological polar surface area (TPSA) is 113 Å². The van der Waals surface area contributed by atoms with Gasteiger partial charge in [-0.25, -0.2) is 4.79 Å². The van der Waals surface area contributed by atoms with Gasteiger partial charge in [-0.2, -0.15) is 0 Å². The Kier molecular flexibility index (Phi) is 5.87. The number of carbonyl (C=O) groups excluding carboxylic acids is 1. The van der Waals surface area contributed by atoms with Crippen LogP contribution >= 0.6 is 0 Å². The summed E-state index contributed by atoms with van der Waals surface area (Å²) in [6.45, 7) is 6.41. The minimum Gasteiger partial charge on any atom is -0.494 e. The van der Waals surface area contributed by atoms with Gasteiger partial charge in [0.1, 0.15) is 17.6 Å². The normalized spacial score (nSPS) is 15.0. The molecule has 3 rings (SSSR count). The molecule has 2 aromatic rings. The molecule has 0 unspecified atom stereocenters. The van der Waals surface area contributed by atoms with Crippen molar-refractivity contribution >= 4 is 5.91 Å². The molecule has 8 heteroatoms. The lowest BCUT2D eigenvalue weighted by molar-refractivity contribution is -0.121. The molecule has 3 N–H and O–H groups in total. The Hall–Kier alpha value is -3.03. The van der Waals surface area contributed by atoms with Gasteiger partial charge < -0.3 is 19.8 Å². The molecule has 0 saturated heterocycles. The summed E-state index contributed by atoms with van der Waals surface area (Å²) in [4.78, 5) is 40.1. The number of hydrogen-bond acceptors (Lipinski definition) is 5. The summed E-state index contributed by atoms with van der Waals surface area (Å²) in [5.41, 5.74) is 1.83. The molecule has 0 fully saturated rings. The van der Waals surface area contributed by atoms with Gasteiger partial charge in [0.15, 0.2) is 0 Å². The molecular formula is C20H25N3O5. The summed E-state index contributed by atoms with van der Waals surface area (Å²) in [7, 11) is 0. The van der Waals surface area contributed by atoms with Gasteiger partial charge in [-0.3, -0.25) is 14.6 Å². The Balaban J connectivity index is 1.64. The van der Waals surface area contributed by atoms with E-state index in [1.807, 2.05) is 26.0 Å². The summed E-state index contributed by atoms with van der Waals surface area (Å²) in [5.74, 6) is 1.38. The van der Waals surface area contributed by atoms with Crippen LogP contribution < -0.4 is 26.0 Å². The Bertz CT molecular complexity index is 992. The highest BCUT2D eigenvalue weighted by molar-refractivity contribution is 5.76. The predicted octanol–water partition coefficient (Wildman–Crippen LogP) is 1.34. The molecule has 2 heterocycles. The second kappa shape index (κ2) is 8.33. The minimum atomic E-state index is -0.549. The smallest absolute Gasteiger partial charge is 0.325 e. The second-order valence-electron chi connectivity index (χ2n) is 6.92. The van der Waals surface area contributed by atoms with E-state index in [4.69, 9.17) is 9.47 Å². The molecule has 1 atom stereocenters. The molecule has 0 spiro atoms. The van der Waals surface area contributed by atoms with Crippen LogP contribution in [0.1, 0.15) is 42.7 Å². The maximum Gasteiger partial charge on any atom is 0.325 e.